The van der Waals surface area contributed by atoms with Crippen LogP contribution in [0.1, 0.15) is 18.4 Å². The lowest BCUT2D eigenvalue weighted by Gasteiger charge is -2.32. The number of benzene rings is 1. The smallest absolute Gasteiger partial charge is 0.0949 e. The van der Waals surface area contributed by atoms with Gasteiger partial charge in [-0.15, -0.1) is 0 Å². The Morgan fingerprint density at radius 1 is 1.41 bits per heavy atom. The number of hydrogen-bond acceptors (Lipinski definition) is 2. The van der Waals surface area contributed by atoms with Crippen LogP contribution in [0.4, 0.5) is 0 Å². The van der Waals surface area contributed by atoms with Crippen molar-refractivity contribution in [2.45, 2.75) is 19.4 Å². The molecular weight excluding hydrogens is 234 g/mol. The van der Waals surface area contributed by atoms with Gasteiger partial charge in [-0.2, -0.15) is 0 Å². The monoisotopic (exact) mass is 251 g/mol. The molecule has 1 aliphatic rings. The Labute approximate surface area is 107 Å². The lowest BCUT2D eigenvalue weighted by atomic mass is 9.96. The third-order valence-electron chi connectivity index (χ3n) is 3.26. The summed E-state index contributed by atoms with van der Waals surface area (Å²) in [4.78, 5) is 2.36. The maximum atomic E-state index is 7.52. The summed E-state index contributed by atoms with van der Waals surface area (Å²) in [6.07, 6.45) is 2.17. The van der Waals surface area contributed by atoms with Gasteiger partial charge in [0.15, 0.2) is 0 Å². The van der Waals surface area contributed by atoms with Gasteiger partial charge in [0.2, 0.25) is 0 Å². The maximum Gasteiger partial charge on any atom is 0.0949 e. The molecule has 3 nitrogen and oxygen atoms in total. The molecule has 1 aliphatic heterocycles. The van der Waals surface area contributed by atoms with Crippen molar-refractivity contribution in [2.75, 3.05) is 13.1 Å². The van der Waals surface area contributed by atoms with E-state index in [1.807, 2.05) is 12.1 Å². The first-order chi connectivity index (χ1) is 8.15. The normalized spacial score (nSPS) is 21.4. The van der Waals surface area contributed by atoms with Gasteiger partial charge >= 0.3 is 0 Å². The number of nitrogens with two attached hydrogens (primary N) is 1. The molecule has 3 N–H and O–H groups in total. The molecule has 0 bridgehead atoms. The fourth-order valence-corrected chi connectivity index (χ4v) is 2.43. The summed E-state index contributed by atoms with van der Waals surface area (Å²) in [6.45, 7) is 2.91. The topological polar surface area (TPSA) is 53.1 Å². The third-order valence-corrected chi connectivity index (χ3v) is 3.52. The quantitative estimate of drug-likeness (QED) is 0.641. The number of piperidine rings is 1. The molecule has 0 aromatic heterocycles. The van der Waals surface area contributed by atoms with Gasteiger partial charge < -0.3 is 5.73 Å². The molecule has 1 heterocycles. The van der Waals surface area contributed by atoms with Crippen LogP contribution in [0.2, 0.25) is 5.02 Å². The average molecular weight is 252 g/mol. The summed E-state index contributed by atoms with van der Waals surface area (Å²) in [5, 5.41) is 8.29. The molecule has 1 atom stereocenters. The zero-order chi connectivity index (χ0) is 12.3. The van der Waals surface area contributed by atoms with Gasteiger partial charge in [0, 0.05) is 24.0 Å². The first kappa shape index (κ1) is 12.4. The van der Waals surface area contributed by atoms with Gasteiger partial charge in [-0.25, -0.2) is 0 Å². The predicted molar refractivity (Wildman–Crippen MR) is 71.4 cm³/mol. The zero-order valence-electron chi connectivity index (χ0n) is 9.82. The molecule has 0 saturated carbocycles. The molecule has 17 heavy (non-hydrogen) atoms. The highest BCUT2D eigenvalue weighted by Crippen LogP contribution is 2.19. The molecule has 1 aromatic rings. The highest BCUT2D eigenvalue weighted by molar-refractivity contribution is 6.30. The van der Waals surface area contributed by atoms with Crippen molar-refractivity contribution < 1.29 is 0 Å². The molecule has 0 radical (unpaired) electrons. The Hall–Kier alpha value is -1.06. The van der Waals surface area contributed by atoms with E-state index in [0.717, 1.165) is 37.5 Å². The predicted octanol–water partition coefficient (Wildman–Crippen LogP) is 2.49. The van der Waals surface area contributed by atoms with Crippen molar-refractivity contribution in [1.29, 1.82) is 5.41 Å². The number of likely N-dealkylation sites (tertiary alicyclic amines) is 1. The SMILES string of the molecule is N=C(N)C1CCCN(Cc2ccc(Cl)cc2)C1. The minimum atomic E-state index is 0.232. The van der Waals surface area contributed by atoms with Crippen molar-refractivity contribution in [2.24, 2.45) is 11.7 Å². The van der Waals surface area contributed by atoms with E-state index in [1.165, 1.54) is 5.56 Å². The number of nitrogens with one attached hydrogen (secondary N) is 1. The van der Waals surface area contributed by atoms with E-state index in [4.69, 9.17) is 22.7 Å². The molecule has 92 valence electrons. The van der Waals surface area contributed by atoms with Crippen LogP contribution in [0.3, 0.4) is 0 Å². The Balaban J connectivity index is 1.94. The molecule has 1 unspecified atom stereocenters. The van der Waals surface area contributed by atoms with Crippen molar-refractivity contribution in [3.8, 4) is 0 Å². The maximum absolute atomic E-state index is 7.52. The van der Waals surface area contributed by atoms with E-state index in [9.17, 15) is 0 Å². The van der Waals surface area contributed by atoms with E-state index < -0.39 is 0 Å². The molecule has 4 heteroatoms. The van der Waals surface area contributed by atoms with Gasteiger partial charge in [-0.05, 0) is 37.1 Å². The van der Waals surface area contributed by atoms with Crippen LogP contribution in [0.5, 0.6) is 0 Å². The summed E-state index contributed by atoms with van der Waals surface area (Å²) in [5.41, 5.74) is 6.84. The lowest BCUT2D eigenvalue weighted by Crippen LogP contribution is -2.40. The summed E-state index contributed by atoms with van der Waals surface area (Å²) in [5.74, 6) is 0.557. The summed E-state index contributed by atoms with van der Waals surface area (Å²) in [7, 11) is 0. The van der Waals surface area contributed by atoms with Crippen LogP contribution in [0.15, 0.2) is 24.3 Å². The Kier molecular flexibility index (Phi) is 4.02. The van der Waals surface area contributed by atoms with Gasteiger partial charge in [-0.3, -0.25) is 10.3 Å². The molecule has 2 rings (SSSR count). The molecule has 0 amide bonds. The Bertz CT molecular complexity index is 388. The fraction of sp³-hybridized carbons (Fsp3) is 0.462. The van der Waals surface area contributed by atoms with Gasteiger partial charge in [0.05, 0.1) is 5.84 Å². The van der Waals surface area contributed by atoms with Crippen LogP contribution < -0.4 is 5.73 Å². The minimum absolute atomic E-state index is 0.232. The van der Waals surface area contributed by atoms with Crippen LogP contribution in [0, 0.1) is 11.3 Å². The third kappa shape index (κ3) is 3.45. The Morgan fingerprint density at radius 2 is 2.12 bits per heavy atom. The van der Waals surface area contributed by atoms with Crippen LogP contribution in [0.25, 0.3) is 0 Å². The Morgan fingerprint density at radius 3 is 2.76 bits per heavy atom. The lowest BCUT2D eigenvalue weighted by molar-refractivity contribution is 0.196. The van der Waals surface area contributed by atoms with Gasteiger partial charge in [0.25, 0.3) is 0 Å². The van der Waals surface area contributed by atoms with Crippen LogP contribution >= 0.6 is 11.6 Å². The number of amidine groups is 1. The summed E-state index contributed by atoms with van der Waals surface area (Å²) >= 11 is 5.86. The molecule has 1 fully saturated rings. The highest BCUT2D eigenvalue weighted by Gasteiger charge is 2.21. The number of nitrogens with zero attached hydrogens (tertiary/aromatic N) is 1. The van der Waals surface area contributed by atoms with E-state index in [-0.39, 0.29) is 5.92 Å². The summed E-state index contributed by atoms with van der Waals surface area (Å²) in [6, 6.07) is 7.95. The van der Waals surface area contributed by atoms with Gasteiger partial charge in [-0.1, -0.05) is 23.7 Å². The molecule has 0 aliphatic carbocycles. The second kappa shape index (κ2) is 5.52. The van der Waals surface area contributed by atoms with E-state index in [2.05, 4.69) is 17.0 Å². The first-order valence-electron chi connectivity index (χ1n) is 5.96. The van der Waals surface area contributed by atoms with Crippen molar-refractivity contribution in [3.63, 3.8) is 0 Å². The largest absolute Gasteiger partial charge is 0.387 e. The molecule has 1 aromatic carbocycles. The fourth-order valence-electron chi connectivity index (χ4n) is 2.30. The molecule has 1 saturated heterocycles. The van der Waals surface area contributed by atoms with Crippen LogP contribution in [-0.4, -0.2) is 23.8 Å². The molecular formula is C13H18ClN3. The number of rotatable bonds is 3. The second-order valence-electron chi connectivity index (χ2n) is 4.66. The second-order valence-corrected chi connectivity index (χ2v) is 5.09. The van der Waals surface area contributed by atoms with Crippen molar-refractivity contribution in [3.05, 3.63) is 34.9 Å². The number of hydrogen-bond donors (Lipinski definition) is 2. The summed E-state index contributed by atoms with van der Waals surface area (Å²) < 4.78 is 0. The van der Waals surface area contributed by atoms with Crippen molar-refractivity contribution >= 4 is 17.4 Å². The minimum Gasteiger partial charge on any atom is -0.387 e. The van der Waals surface area contributed by atoms with Crippen LogP contribution in [-0.2, 0) is 6.54 Å². The first-order valence-corrected chi connectivity index (χ1v) is 6.33. The zero-order valence-corrected chi connectivity index (χ0v) is 10.6. The standard InChI is InChI=1S/C13H18ClN3/c14-12-5-3-10(4-6-12)8-17-7-1-2-11(9-17)13(15)16/h3-6,11H,1-2,7-9H2,(H3,15,16). The highest BCUT2D eigenvalue weighted by atomic mass is 35.5. The van der Waals surface area contributed by atoms with E-state index >= 15 is 0 Å². The van der Waals surface area contributed by atoms with Gasteiger partial charge in [0.1, 0.15) is 0 Å². The molecule has 0 spiro atoms. The number of halogens is 1. The van der Waals surface area contributed by atoms with E-state index in [0.29, 0.717) is 5.84 Å². The van der Waals surface area contributed by atoms with Crippen molar-refractivity contribution in [1.82, 2.24) is 4.90 Å². The average Bonchev–Trinajstić information content (AvgIpc) is 2.32. The van der Waals surface area contributed by atoms with E-state index in [1.54, 1.807) is 0 Å².